The first-order valence-corrected chi connectivity index (χ1v) is 6.74. The molecule has 1 aliphatic rings. The molecule has 7 heteroatoms. The van der Waals surface area contributed by atoms with E-state index in [2.05, 4.69) is 11.4 Å². The zero-order valence-electron chi connectivity index (χ0n) is 12.7. The third-order valence-corrected chi connectivity index (χ3v) is 3.50. The van der Waals surface area contributed by atoms with Gasteiger partial charge < -0.3 is 19.7 Å². The number of amides is 2. The maximum absolute atomic E-state index is 12.5. The van der Waals surface area contributed by atoms with Gasteiger partial charge in [0, 0.05) is 31.6 Å². The largest absolute Gasteiger partial charge is 0.497 e. The van der Waals surface area contributed by atoms with Crippen molar-refractivity contribution in [2.75, 3.05) is 27.3 Å². The van der Waals surface area contributed by atoms with Crippen LogP contribution in [0.25, 0.3) is 0 Å². The van der Waals surface area contributed by atoms with Crippen LogP contribution < -0.4 is 14.8 Å². The normalized spacial score (nSPS) is 16.0. The third-order valence-electron chi connectivity index (χ3n) is 3.50. The Labute approximate surface area is 128 Å². The van der Waals surface area contributed by atoms with E-state index in [-0.39, 0.29) is 24.9 Å². The minimum Gasteiger partial charge on any atom is -0.497 e. The van der Waals surface area contributed by atoms with Gasteiger partial charge in [0.25, 0.3) is 5.91 Å². The zero-order valence-corrected chi connectivity index (χ0v) is 12.7. The minimum absolute atomic E-state index is 0.183. The first kappa shape index (κ1) is 15.6. The van der Waals surface area contributed by atoms with E-state index in [0.29, 0.717) is 22.6 Å². The van der Waals surface area contributed by atoms with Crippen LogP contribution in [0.3, 0.4) is 0 Å². The van der Waals surface area contributed by atoms with Crippen molar-refractivity contribution in [2.45, 2.75) is 13.0 Å². The van der Waals surface area contributed by atoms with Gasteiger partial charge in [-0.3, -0.25) is 9.59 Å². The Hall–Kier alpha value is -2.75. The molecule has 1 aromatic rings. The number of fused-ring (bicyclic) bond motifs is 1. The van der Waals surface area contributed by atoms with E-state index >= 15 is 0 Å². The molecule has 22 heavy (non-hydrogen) atoms. The summed E-state index contributed by atoms with van der Waals surface area (Å²) in [5, 5.41) is 12.1. The van der Waals surface area contributed by atoms with Crippen LogP contribution in [0.4, 0.5) is 0 Å². The number of ether oxygens (including phenoxy) is 2. The molecular weight excluding hydrogens is 286 g/mol. The zero-order chi connectivity index (χ0) is 16.3. The van der Waals surface area contributed by atoms with Gasteiger partial charge in [-0.25, -0.2) is 0 Å². The van der Waals surface area contributed by atoms with Crippen LogP contribution in [0, 0.1) is 11.3 Å². The lowest BCUT2D eigenvalue weighted by Gasteiger charge is -2.20. The fourth-order valence-corrected chi connectivity index (χ4v) is 2.49. The molecule has 0 aliphatic carbocycles. The molecule has 1 atom stereocenters. The second kappa shape index (κ2) is 6.35. The fourth-order valence-electron chi connectivity index (χ4n) is 2.49. The number of hydrogen-bond donors (Lipinski definition) is 1. The molecule has 1 aromatic carbocycles. The third kappa shape index (κ3) is 2.68. The predicted molar refractivity (Wildman–Crippen MR) is 77.6 cm³/mol. The molecule has 0 bridgehead atoms. The summed E-state index contributed by atoms with van der Waals surface area (Å²) in [7, 11) is 2.98. The van der Waals surface area contributed by atoms with Gasteiger partial charge in [0.2, 0.25) is 5.91 Å². The number of carbonyl (C=O) groups excluding carboxylic acids is 2. The summed E-state index contributed by atoms with van der Waals surface area (Å²) in [6.07, 6.45) is 0. The topological polar surface area (TPSA) is 91.7 Å². The number of rotatable bonds is 5. The lowest BCUT2D eigenvalue weighted by Crippen LogP contribution is -2.36. The van der Waals surface area contributed by atoms with Crippen LogP contribution in [0.2, 0.25) is 0 Å². The van der Waals surface area contributed by atoms with E-state index in [0.717, 1.165) is 0 Å². The Morgan fingerprint density at radius 2 is 2.14 bits per heavy atom. The summed E-state index contributed by atoms with van der Waals surface area (Å²) in [6.45, 7) is 1.93. The van der Waals surface area contributed by atoms with Crippen LogP contribution in [0.15, 0.2) is 12.1 Å². The Morgan fingerprint density at radius 3 is 2.68 bits per heavy atom. The summed E-state index contributed by atoms with van der Waals surface area (Å²) in [5.74, 6) is 0.474. The van der Waals surface area contributed by atoms with E-state index in [1.165, 1.54) is 26.0 Å². The number of benzene rings is 1. The van der Waals surface area contributed by atoms with Gasteiger partial charge >= 0.3 is 0 Å². The maximum Gasteiger partial charge on any atom is 0.255 e. The molecule has 116 valence electrons. The van der Waals surface area contributed by atoms with Gasteiger partial charge in [0.15, 0.2) is 0 Å². The quantitative estimate of drug-likeness (QED) is 0.871. The standard InChI is InChI=1S/C15H17N3O4/c1-9(19)17-4-5-18-12(8-16)14-11(15(18)20)6-10(21-2)7-13(14)22-3/h6-7,12H,4-5H2,1-3H3,(H,17,19). The monoisotopic (exact) mass is 303 g/mol. The molecule has 1 heterocycles. The molecule has 0 saturated heterocycles. The van der Waals surface area contributed by atoms with E-state index in [4.69, 9.17) is 9.47 Å². The number of nitrogens with zero attached hydrogens (tertiary/aromatic N) is 2. The summed E-state index contributed by atoms with van der Waals surface area (Å²) >= 11 is 0. The van der Waals surface area contributed by atoms with Gasteiger partial charge in [-0.1, -0.05) is 0 Å². The number of carbonyl (C=O) groups is 2. The van der Waals surface area contributed by atoms with Crippen LogP contribution in [0.5, 0.6) is 11.5 Å². The van der Waals surface area contributed by atoms with Gasteiger partial charge in [-0.2, -0.15) is 5.26 Å². The molecule has 1 aliphatic heterocycles. The highest BCUT2D eigenvalue weighted by Crippen LogP contribution is 2.41. The molecule has 1 unspecified atom stereocenters. The van der Waals surface area contributed by atoms with Crippen molar-refractivity contribution >= 4 is 11.8 Å². The fraction of sp³-hybridized carbons (Fsp3) is 0.400. The van der Waals surface area contributed by atoms with E-state index in [9.17, 15) is 14.9 Å². The predicted octanol–water partition coefficient (Wildman–Crippen LogP) is 0.860. The lowest BCUT2D eigenvalue weighted by atomic mass is 10.0. The molecule has 7 nitrogen and oxygen atoms in total. The van der Waals surface area contributed by atoms with Crippen LogP contribution >= 0.6 is 0 Å². The minimum atomic E-state index is -0.739. The van der Waals surface area contributed by atoms with Crippen molar-refractivity contribution in [3.8, 4) is 17.6 Å². The SMILES string of the molecule is COc1cc(OC)c2c(c1)C(=O)N(CCNC(C)=O)C2C#N. The second-order valence-electron chi connectivity index (χ2n) is 4.80. The van der Waals surface area contributed by atoms with Gasteiger partial charge in [0.1, 0.15) is 17.5 Å². The molecule has 0 saturated carbocycles. The van der Waals surface area contributed by atoms with E-state index < -0.39 is 6.04 Å². The number of methoxy groups -OCH3 is 2. The van der Waals surface area contributed by atoms with Crippen LogP contribution in [-0.4, -0.2) is 44.0 Å². The van der Waals surface area contributed by atoms with Gasteiger partial charge in [0.05, 0.1) is 25.9 Å². The molecule has 0 spiro atoms. The first-order valence-electron chi connectivity index (χ1n) is 6.74. The Kier molecular flexibility index (Phi) is 4.51. The number of hydrogen-bond acceptors (Lipinski definition) is 5. The van der Waals surface area contributed by atoms with Crippen molar-refractivity contribution in [3.05, 3.63) is 23.3 Å². The van der Waals surface area contributed by atoms with Crippen molar-refractivity contribution in [1.82, 2.24) is 10.2 Å². The molecular formula is C15H17N3O4. The Morgan fingerprint density at radius 1 is 1.41 bits per heavy atom. The summed E-state index contributed by atoms with van der Waals surface area (Å²) < 4.78 is 10.4. The van der Waals surface area contributed by atoms with Crippen molar-refractivity contribution in [3.63, 3.8) is 0 Å². The highest BCUT2D eigenvalue weighted by Gasteiger charge is 2.39. The molecule has 2 amide bonds. The highest BCUT2D eigenvalue weighted by atomic mass is 16.5. The Balaban J connectivity index is 2.37. The average molecular weight is 303 g/mol. The number of nitrogens with one attached hydrogen (secondary N) is 1. The average Bonchev–Trinajstić information content (AvgIpc) is 2.78. The maximum atomic E-state index is 12.5. The smallest absolute Gasteiger partial charge is 0.255 e. The summed E-state index contributed by atoms with van der Waals surface area (Å²) in [4.78, 5) is 24.9. The van der Waals surface area contributed by atoms with Crippen molar-refractivity contribution < 1.29 is 19.1 Å². The molecule has 2 rings (SSSR count). The molecule has 0 aromatic heterocycles. The highest BCUT2D eigenvalue weighted by molar-refractivity contribution is 6.01. The second-order valence-corrected chi connectivity index (χ2v) is 4.80. The Bertz CT molecular complexity index is 651. The van der Waals surface area contributed by atoms with E-state index in [1.54, 1.807) is 12.1 Å². The number of nitriles is 1. The molecule has 0 radical (unpaired) electrons. The van der Waals surface area contributed by atoms with Crippen LogP contribution in [-0.2, 0) is 4.79 Å². The van der Waals surface area contributed by atoms with E-state index in [1.807, 2.05) is 0 Å². The first-order chi connectivity index (χ1) is 10.5. The van der Waals surface area contributed by atoms with Crippen molar-refractivity contribution in [1.29, 1.82) is 5.26 Å². The molecule has 1 N–H and O–H groups in total. The summed E-state index contributed by atoms with van der Waals surface area (Å²) in [6, 6.07) is 4.63. The van der Waals surface area contributed by atoms with Crippen molar-refractivity contribution in [2.24, 2.45) is 0 Å². The van der Waals surface area contributed by atoms with Crippen LogP contribution in [0.1, 0.15) is 28.9 Å². The van der Waals surface area contributed by atoms with Gasteiger partial charge in [-0.05, 0) is 6.07 Å². The molecule has 0 fully saturated rings. The summed E-state index contributed by atoms with van der Waals surface area (Å²) in [5.41, 5.74) is 0.934. The lowest BCUT2D eigenvalue weighted by molar-refractivity contribution is -0.119. The van der Waals surface area contributed by atoms with Gasteiger partial charge in [-0.15, -0.1) is 0 Å².